The number of hydrogen-bond donors (Lipinski definition) is 0. The van der Waals surface area contributed by atoms with Gasteiger partial charge in [0, 0.05) is 12.4 Å². The Morgan fingerprint density at radius 2 is 1.87 bits per heavy atom. The van der Waals surface area contributed by atoms with Gasteiger partial charge in [0.1, 0.15) is 11.5 Å². The molecule has 0 radical (unpaired) electrons. The fourth-order valence-corrected chi connectivity index (χ4v) is 0.931. The second kappa shape index (κ2) is 4.15. The van der Waals surface area contributed by atoms with Crippen LogP contribution in [0.5, 0.6) is 0 Å². The number of rotatable bonds is 0. The average molecular weight is 207 g/mol. The van der Waals surface area contributed by atoms with Gasteiger partial charge in [-0.2, -0.15) is 0 Å². The summed E-state index contributed by atoms with van der Waals surface area (Å²) < 4.78 is 5.12. The topological polar surface area (TPSA) is 46.6 Å². The molecule has 0 saturated heterocycles. The Kier molecular flexibility index (Phi) is 3.12. The van der Waals surface area contributed by atoms with Gasteiger partial charge in [0.15, 0.2) is 0 Å². The van der Waals surface area contributed by atoms with Crippen LogP contribution < -0.4 is 0 Å². The van der Waals surface area contributed by atoms with Gasteiger partial charge in [-0.3, -0.25) is 4.90 Å². The van der Waals surface area contributed by atoms with Crippen molar-refractivity contribution in [2.45, 2.75) is 26.4 Å². The second-order valence-corrected chi connectivity index (χ2v) is 4.08. The van der Waals surface area contributed by atoms with Gasteiger partial charge in [0.2, 0.25) is 0 Å². The quantitative estimate of drug-likeness (QED) is 0.571. The van der Waals surface area contributed by atoms with Crippen LogP contribution in [0.1, 0.15) is 20.8 Å². The van der Waals surface area contributed by atoms with Crippen molar-refractivity contribution in [3.05, 3.63) is 30.1 Å². The molecular formula is C11H13NO3. The van der Waals surface area contributed by atoms with E-state index in [0.717, 1.165) is 0 Å². The minimum Gasteiger partial charge on any atom is -0.443 e. The summed E-state index contributed by atoms with van der Waals surface area (Å²) >= 11 is 0. The van der Waals surface area contributed by atoms with E-state index in [9.17, 15) is 9.59 Å². The first kappa shape index (κ1) is 11.3. The van der Waals surface area contributed by atoms with Crippen molar-refractivity contribution < 1.29 is 14.3 Å². The van der Waals surface area contributed by atoms with E-state index in [1.54, 1.807) is 26.7 Å². The summed E-state index contributed by atoms with van der Waals surface area (Å²) in [6, 6.07) is 0. The van der Waals surface area contributed by atoms with Crippen molar-refractivity contribution in [1.82, 2.24) is 4.90 Å². The minimum absolute atomic E-state index is 0.398. The molecule has 1 aliphatic heterocycles. The van der Waals surface area contributed by atoms with Gasteiger partial charge in [-0.15, -0.1) is 0 Å². The molecule has 80 valence electrons. The van der Waals surface area contributed by atoms with E-state index >= 15 is 0 Å². The van der Waals surface area contributed by atoms with Crippen LogP contribution in [0.3, 0.4) is 0 Å². The molecule has 0 spiro atoms. The highest BCUT2D eigenvalue weighted by Gasteiger charge is 2.20. The Labute approximate surface area is 88.5 Å². The SMILES string of the molecule is CC(C)(C)OC(=O)N1C=CC(=C=O)C=C1. The van der Waals surface area contributed by atoms with Crippen LogP contribution in [0.25, 0.3) is 0 Å². The van der Waals surface area contributed by atoms with Crippen molar-refractivity contribution in [1.29, 1.82) is 0 Å². The maximum atomic E-state index is 11.5. The summed E-state index contributed by atoms with van der Waals surface area (Å²) in [6.45, 7) is 5.37. The van der Waals surface area contributed by atoms with Crippen LogP contribution in [0.15, 0.2) is 30.1 Å². The number of carbonyl (C=O) groups is 1. The largest absolute Gasteiger partial charge is 0.443 e. The highest BCUT2D eigenvalue weighted by molar-refractivity contribution is 5.73. The lowest BCUT2D eigenvalue weighted by molar-refractivity contribution is 0.0398. The number of amides is 1. The van der Waals surface area contributed by atoms with E-state index in [4.69, 9.17) is 4.74 Å². The third-order valence-corrected chi connectivity index (χ3v) is 1.55. The van der Waals surface area contributed by atoms with Crippen LogP contribution >= 0.6 is 0 Å². The van der Waals surface area contributed by atoms with Crippen molar-refractivity contribution in [3.63, 3.8) is 0 Å². The smallest absolute Gasteiger partial charge is 0.418 e. The predicted molar refractivity (Wildman–Crippen MR) is 55.6 cm³/mol. The van der Waals surface area contributed by atoms with E-state index in [-0.39, 0.29) is 0 Å². The van der Waals surface area contributed by atoms with Gasteiger partial charge >= 0.3 is 6.09 Å². The molecule has 0 bridgehead atoms. The Balaban J connectivity index is 2.66. The first-order valence-corrected chi connectivity index (χ1v) is 4.55. The summed E-state index contributed by atoms with van der Waals surface area (Å²) in [5, 5.41) is 0. The maximum absolute atomic E-state index is 11.5. The predicted octanol–water partition coefficient (Wildman–Crippen LogP) is 2.02. The third-order valence-electron chi connectivity index (χ3n) is 1.55. The monoisotopic (exact) mass is 207 g/mol. The van der Waals surface area contributed by atoms with Crippen LogP contribution in [0, 0.1) is 0 Å². The first-order chi connectivity index (χ1) is 6.92. The van der Waals surface area contributed by atoms with Crippen LogP contribution in [-0.2, 0) is 9.53 Å². The van der Waals surface area contributed by atoms with Crippen molar-refractivity contribution >= 4 is 12.0 Å². The highest BCUT2D eigenvalue weighted by Crippen LogP contribution is 2.13. The van der Waals surface area contributed by atoms with Crippen LogP contribution in [0.4, 0.5) is 4.79 Å². The van der Waals surface area contributed by atoms with E-state index in [2.05, 4.69) is 0 Å². The summed E-state index contributed by atoms with van der Waals surface area (Å²) in [5.41, 5.74) is -0.130. The molecule has 1 amide bonds. The lowest BCUT2D eigenvalue weighted by atomic mass is 10.2. The summed E-state index contributed by atoms with van der Waals surface area (Å²) in [4.78, 5) is 23.0. The lowest BCUT2D eigenvalue weighted by Gasteiger charge is -2.23. The molecule has 0 fully saturated rings. The van der Waals surface area contributed by atoms with Gasteiger partial charge in [-0.25, -0.2) is 9.59 Å². The van der Waals surface area contributed by atoms with E-state index in [1.807, 2.05) is 0 Å². The summed E-state index contributed by atoms with van der Waals surface area (Å²) in [7, 11) is 0. The fourth-order valence-electron chi connectivity index (χ4n) is 0.931. The molecule has 1 rings (SSSR count). The van der Waals surface area contributed by atoms with Crippen molar-refractivity contribution in [2.75, 3.05) is 0 Å². The number of hydrogen-bond acceptors (Lipinski definition) is 3. The normalized spacial score (nSPS) is 15.1. The zero-order valence-electron chi connectivity index (χ0n) is 8.98. The zero-order chi connectivity index (χ0) is 11.5. The number of ether oxygens (including phenoxy) is 1. The van der Waals surface area contributed by atoms with E-state index in [0.29, 0.717) is 5.57 Å². The highest BCUT2D eigenvalue weighted by atomic mass is 16.6. The summed E-state index contributed by atoms with van der Waals surface area (Å²) in [6.07, 6.45) is 5.45. The minimum atomic E-state index is -0.528. The second-order valence-electron chi connectivity index (χ2n) is 4.08. The molecule has 0 N–H and O–H groups in total. The molecule has 0 aliphatic carbocycles. The van der Waals surface area contributed by atoms with Gasteiger partial charge in [-0.05, 0) is 32.9 Å². The molecule has 0 aromatic rings. The standard InChI is InChI=1S/C11H13NO3/c1-11(2,3)15-10(14)12-6-4-9(8-13)5-7-12/h4-7H,1-3H3. The fraction of sp³-hybridized carbons (Fsp3) is 0.364. The average Bonchev–Trinajstić information content (AvgIpc) is 2.15. The van der Waals surface area contributed by atoms with E-state index < -0.39 is 11.7 Å². The van der Waals surface area contributed by atoms with E-state index in [1.165, 1.54) is 29.5 Å². The molecule has 1 aliphatic rings. The lowest BCUT2D eigenvalue weighted by Crippen LogP contribution is -2.31. The Bertz CT molecular complexity index is 352. The van der Waals surface area contributed by atoms with Gasteiger partial charge < -0.3 is 4.74 Å². The Hall–Kier alpha value is -1.80. The Morgan fingerprint density at radius 1 is 1.33 bits per heavy atom. The first-order valence-electron chi connectivity index (χ1n) is 4.55. The molecule has 4 heteroatoms. The van der Waals surface area contributed by atoms with Gasteiger partial charge in [0.05, 0.1) is 5.57 Å². The maximum Gasteiger partial charge on any atom is 0.418 e. The molecule has 0 aromatic heterocycles. The van der Waals surface area contributed by atoms with Crippen molar-refractivity contribution in [2.24, 2.45) is 0 Å². The molecule has 0 saturated carbocycles. The number of carbonyl (C=O) groups excluding carboxylic acids is 2. The molecule has 0 atom stereocenters. The molecular weight excluding hydrogens is 194 g/mol. The van der Waals surface area contributed by atoms with Gasteiger partial charge in [-0.1, -0.05) is 0 Å². The summed E-state index contributed by atoms with van der Waals surface area (Å²) in [5.74, 6) is 1.73. The Morgan fingerprint density at radius 3 is 2.27 bits per heavy atom. The molecule has 1 heterocycles. The molecule has 0 unspecified atom stereocenters. The van der Waals surface area contributed by atoms with Crippen molar-refractivity contribution in [3.8, 4) is 0 Å². The number of allylic oxidation sites excluding steroid dienone is 3. The van der Waals surface area contributed by atoms with Crippen LogP contribution in [-0.4, -0.2) is 22.5 Å². The zero-order valence-corrected chi connectivity index (χ0v) is 8.98. The third kappa shape index (κ3) is 3.44. The molecule has 0 aromatic carbocycles. The molecule has 15 heavy (non-hydrogen) atoms. The van der Waals surface area contributed by atoms with Gasteiger partial charge in [0.25, 0.3) is 0 Å². The number of nitrogens with zero attached hydrogens (tertiary/aromatic N) is 1. The van der Waals surface area contributed by atoms with Crippen LogP contribution in [0.2, 0.25) is 0 Å². The molecule has 4 nitrogen and oxygen atoms in total.